The number of anilines is 2. The second-order valence-electron chi connectivity index (χ2n) is 9.96. The van der Waals surface area contributed by atoms with Crippen molar-refractivity contribution >= 4 is 23.1 Å². The van der Waals surface area contributed by atoms with E-state index in [1.54, 1.807) is 12.4 Å². The van der Waals surface area contributed by atoms with E-state index in [0.717, 1.165) is 67.6 Å². The molecule has 2 fully saturated rings. The van der Waals surface area contributed by atoms with Crippen molar-refractivity contribution in [3.05, 3.63) is 77.0 Å². The fourth-order valence-corrected chi connectivity index (χ4v) is 5.60. The van der Waals surface area contributed by atoms with Crippen LogP contribution >= 0.6 is 0 Å². The molecule has 3 aliphatic heterocycles. The molecule has 0 aliphatic carbocycles. The van der Waals surface area contributed by atoms with Crippen molar-refractivity contribution < 1.29 is 13.9 Å². The third kappa shape index (κ3) is 3.95. The van der Waals surface area contributed by atoms with Gasteiger partial charge in [-0.25, -0.2) is 14.4 Å². The largest absolute Gasteiger partial charge is 0.381 e. The van der Waals surface area contributed by atoms with Crippen LogP contribution in [0.15, 0.2) is 48.8 Å². The standard InChI is InChI=1S/C28H27FN6O2/c29-18-6-10-35-24(14-30-26(35)12-18)20-2-4-22(27-21(20)13-31-28(27)36)32-25-5-3-19(17-7-11-37-16-17)23(33-25)15-34-8-1-9-34/h2-6,10,12,14,17H,1,7-9,11,13,15-16H2,(H,31,36)(H,32,33)/t17-/m1/s1. The summed E-state index contributed by atoms with van der Waals surface area (Å²) in [5.41, 5.74) is 6.78. The first-order valence-electron chi connectivity index (χ1n) is 12.8. The van der Waals surface area contributed by atoms with Crippen LogP contribution in [-0.2, 0) is 17.8 Å². The Morgan fingerprint density at radius 2 is 2.11 bits per heavy atom. The first-order chi connectivity index (χ1) is 18.1. The van der Waals surface area contributed by atoms with E-state index in [-0.39, 0.29) is 11.7 Å². The first kappa shape index (κ1) is 22.4. The van der Waals surface area contributed by atoms with Gasteiger partial charge in [-0.3, -0.25) is 14.1 Å². The van der Waals surface area contributed by atoms with E-state index in [4.69, 9.17) is 9.72 Å². The smallest absolute Gasteiger partial charge is 0.254 e. The van der Waals surface area contributed by atoms with Crippen LogP contribution in [0.1, 0.15) is 45.9 Å². The number of pyridine rings is 2. The number of nitrogens with one attached hydrogen (secondary N) is 2. The number of fused-ring (bicyclic) bond motifs is 2. The lowest BCUT2D eigenvalue weighted by Crippen LogP contribution is -2.37. The van der Waals surface area contributed by atoms with Crippen molar-refractivity contribution in [3.63, 3.8) is 0 Å². The Balaban J connectivity index is 1.25. The molecule has 6 heterocycles. The third-order valence-electron chi connectivity index (χ3n) is 7.68. The summed E-state index contributed by atoms with van der Waals surface area (Å²) in [6, 6.07) is 10.9. The number of rotatable bonds is 6. The van der Waals surface area contributed by atoms with Gasteiger partial charge in [-0.05, 0) is 55.3 Å². The van der Waals surface area contributed by atoms with Crippen molar-refractivity contribution in [1.82, 2.24) is 24.6 Å². The minimum Gasteiger partial charge on any atom is -0.381 e. The van der Waals surface area contributed by atoms with E-state index in [1.807, 2.05) is 22.6 Å². The third-order valence-corrected chi connectivity index (χ3v) is 7.68. The minimum absolute atomic E-state index is 0.125. The molecule has 2 saturated heterocycles. The number of aromatic nitrogens is 3. The number of hydrogen-bond donors (Lipinski definition) is 2. The highest BCUT2D eigenvalue weighted by molar-refractivity contribution is 6.06. The number of amides is 1. The van der Waals surface area contributed by atoms with E-state index in [2.05, 4.69) is 26.6 Å². The molecule has 8 nitrogen and oxygen atoms in total. The van der Waals surface area contributed by atoms with Gasteiger partial charge in [0.25, 0.3) is 5.91 Å². The molecule has 1 atom stereocenters. The van der Waals surface area contributed by atoms with E-state index in [9.17, 15) is 9.18 Å². The van der Waals surface area contributed by atoms with Crippen LogP contribution in [0.4, 0.5) is 15.9 Å². The summed E-state index contributed by atoms with van der Waals surface area (Å²) in [7, 11) is 0. The number of benzene rings is 1. The zero-order valence-electron chi connectivity index (χ0n) is 20.3. The van der Waals surface area contributed by atoms with Gasteiger partial charge in [0.2, 0.25) is 0 Å². The Kier molecular flexibility index (Phi) is 5.40. The predicted octanol–water partition coefficient (Wildman–Crippen LogP) is 4.23. The van der Waals surface area contributed by atoms with E-state index < -0.39 is 0 Å². The first-order valence-corrected chi connectivity index (χ1v) is 12.8. The van der Waals surface area contributed by atoms with Gasteiger partial charge in [0.15, 0.2) is 0 Å². The molecule has 1 aromatic carbocycles. The number of halogens is 1. The van der Waals surface area contributed by atoms with Crippen LogP contribution in [0.25, 0.3) is 16.9 Å². The van der Waals surface area contributed by atoms with Gasteiger partial charge in [0.05, 0.1) is 35.4 Å². The van der Waals surface area contributed by atoms with E-state index >= 15 is 0 Å². The molecule has 9 heteroatoms. The van der Waals surface area contributed by atoms with Crippen molar-refractivity contribution in [1.29, 1.82) is 0 Å². The summed E-state index contributed by atoms with van der Waals surface area (Å²) < 4.78 is 21.2. The lowest BCUT2D eigenvalue weighted by atomic mass is 9.96. The summed E-state index contributed by atoms with van der Waals surface area (Å²) in [6.45, 7) is 4.99. The SMILES string of the molecule is O=C1NCc2c(-c3cnc4cc(F)ccn34)ccc(Nc3ccc([C@@H]4CCOC4)c(CN4CCC4)n3)c21. The molecule has 0 unspecified atom stereocenters. The summed E-state index contributed by atoms with van der Waals surface area (Å²) >= 11 is 0. The number of imidazole rings is 1. The summed E-state index contributed by atoms with van der Waals surface area (Å²) in [5.74, 6) is 0.641. The Labute approximate surface area is 213 Å². The molecular formula is C28H27FN6O2. The Bertz CT molecular complexity index is 1520. The maximum absolute atomic E-state index is 13.7. The molecule has 3 aromatic heterocycles. The second-order valence-corrected chi connectivity index (χ2v) is 9.96. The van der Waals surface area contributed by atoms with Gasteiger partial charge in [0, 0.05) is 43.4 Å². The summed E-state index contributed by atoms with van der Waals surface area (Å²) in [4.78, 5) is 24.7. The number of carbonyl (C=O) groups is 1. The number of hydrogen-bond acceptors (Lipinski definition) is 6. The molecule has 0 spiro atoms. The van der Waals surface area contributed by atoms with Crippen LogP contribution in [0.3, 0.4) is 0 Å². The fourth-order valence-electron chi connectivity index (χ4n) is 5.60. The Hall–Kier alpha value is -3.82. The van der Waals surface area contributed by atoms with Gasteiger partial charge in [-0.15, -0.1) is 0 Å². The zero-order valence-corrected chi connectivity index (χ0v) is 20.3. The maximum atomic E-state index is 13.7. The highest BCUT2D eigenvalue weighted by Gasteiger charge is 2.28. The molecule has 1 amide bonds. The van der Waals surface area contributed by atoms with Crippen LogP contribution in [-0.4, -0.2) is 51.5 Å². The molecule has 2 N–H and O–H groups in total. The monoisotopic (exact) mass is 498 g/mol. The lowest BCUT2D eigenvalue weighted by molar-refractivity contribution is 0.0966. The van der Waals surface area contributed by atoms with Crippen LogP contribution in [0, 0.1) is 5.82 Å². The summed E-state index contributed by atoms with van der Waals surface area (Å²) in [5, 5.41) is 6.39. The maximum Gasteiger partial charge on any atom is 0.254 e. The van der Waals surface area contributed by atoms with Crippen LogP contribution in [0.2, 0.25) is 0 Å². The van der Waals surface area contributed by atoms with Crippen molar-refractivity contribution in [2.24, 2.45) is 0 Å². The number of nitrogens with zero attached hydrogens (tertiary/aromatic N) is 4. The van der Waals surface area contributed by atoms with E-state index in [1.165, 1.54) is 24.1 Å². The summed E-state index contributed by atoms with van der Waals surface area (Å²) in [6.07, 6.45) is 5.63. The molecule has 4 aromatic rings. The molecular weight excluding hydrogens is 471 g/mol. The predicted molar refractivity (Wildman–Crippen MR) is 137 cm³/mol. The van der Waals surface area contributed by atoms with Gasteiger partial charge in [0.1, 0.15) is 17.3 Å². The quantitative estimate of drug-likeness (QED) is 0.414. The average molecular weight is 499 g/mol. The van der Waals surface area contributed by atoms with Crippen LogP contribution in [0.5, 0.6) is 0 Å². The van der Waals surface area contributed by atoms with Crippen molar-refractivity contribution in [3.8, 4) is 11.3 Å². The molecule has 7 rings (SSSR count). The number of ether oxygens (including phenoxy) is 1. The zero-order chi connectivity index (χ0) is 24.9. The number of carbonyl (C=O) groups excluding carboxylic acids is 1. The molecule has 3 aliphatic rings. The normalized spacial score (nSPS) is 19.2. The topological polar surface area (TPSA) is 83.8 Å². The lowest BCUT2D eigenvalue weighted by Gasteiger charge is -2.31. The number of likely N-dealkylation sites (tertiary alicyclic amines) is 1. The molecule has 0 saturated carbocycles. The van der Waals surface area contributed by atoms with Gasteiger partial charge in [-0.1, -0.05) is 12.1 Å². The molecule has 0 bridgehead atoms. The highest BCUT2D eigenvalue weighted by Crippen LogP contribution is 2.36. The molecule has 37 heavy (non-hydrogen) atoms. The average Bonchev–Trinajstić information content (AvgIpc) is 3.63. The van der Waals surface area contributed by atoms with Gasteiger partial charge >= 0.3 is 0 Å². The Morgan fingerprint density at radius 3 is 2.92 bits per heavy atom. The molecule has 0 radical (unpaired) electrons. The fraction of sp³-hybridized carbons (Fsp3) is 0.321. The highest BCUT2D eigenvalue weighted by atomic mass is 19.1. The van der Waals surface area contributed by atoms with Crippen molar-refractivity contribution in [2.75, 3.05) is 31.6 Å². The van der Waals surface area contributed by atoms with E-state index in [0.29, 0.717) is 29.4 Å². The molecule has 188 valence electrons. The van der Waals surface area contributed by atoms with Crippen molar-refractivity contribution in [2.45, 2.75) is 31.8 Å². The minimum atomic E-state index is -0.335. The van der Waals surface area contributed by atoms with Gasteiger partial charge < -0.3 is 15.4 Å². The Morgan fingerprint density at radius 1 is 1.19 bits per heavy atom. The van der Waals surface area contributed by atoms with Crippen LogP contribution < -0.4 is 10.6 Å². The second kappa shape index (κ2) is 8.93. The van der Waals surface area contributed by atoms with Gasteiger partial charge in [-0.2, -0.15) is 0 Å².